The van der Waals surface area contributed by atoms with Crippen LogP contribution in [0.2, 0.25) is 0 Å². The number of fused-ring (bicyclic) bond motifs is 3. The lowest BCUT2D eigenvalue weighted by molar-refractivity contribution is -0.156. The Hall–Kier alpha value is -3.57. The molecule has 0 aliphatic rings. The zero-order valence-electron chi connectivity index (χ0n) is 29.1. The smallest absolute Gasteiger partial charge is 0.311 e. The van der Waals surface area contributed by atoms with Crippen molar-refractivity contribution in [3.63, 3.8) is 0 Å². The normalized spacial score (nSPS) is 12.4. The number of pyridine rings is 1. The van der Waals surface area contributed by atoms with Gasteiger partial charge >= 0.3 is 5.97 Å². The van der Waals surface area contributed by atoms with Crippen LogP contribution in [0.15, 0.2) is 24.3 Å². The first-order valence-electron chi connectivity index (χ1n) is 17.2. The molecule has 0 spiro atoms. The van der Waals surface area contributed by atoms with Gasteiger partial charge in [0.25, 0.3) is 0 Å². The van der Waals surface area contributed by atoms with Gasteiger partial charge in [-0.2, -0.15) is 0 Å². The number of amides is 1. The molecular formula is C36H55N5O6. The molecule has 0 saturated carbocycles. The van der Waals surface area contributed by atoms with Gasteiger partial charge in [-0.25, -0.2) is 9.97 Å². The number of nitrogens with one attached hydrogen (secondary N) is 1. The Bertz CT molecular complexity index is 1450. The van der Waals surface area contributed by atoms with E-state index in [1.165, 1.54) is 0 Å². The fourth-order valence-electron chi connectivity index (χ4n) is 5.66. The largest absolute Gasteiger partial charge is 0.463 e. The molecule has 1 atom stereocenters. The summed E-state index contributed by atoms with van der Waals surface area (Å²) >= 11 is 0. The first-order valence-corrected chi connectivity index (χ1v) is 17.2. The predicted octanol–water partition coefficient (Wildman–Crippen LogP) is 5.79. The number of esters is 1. The van der Waals surface area contributed by atoms with E-state index in [0.717, 1.165) is 66.4 Å². The number of hydrogen-bond donors (Lipinski definition) is 2. The van der Waals surface area contributed by atoms with Gasteiger partial charge in [-0.3, -0.25) is 14.4 Å². The van der Waals surface area contributed by atoms with E-state index in [-0.39, 0.29) is 36.6 Å². The number of imidazole rings is 1. The number of benzene rings is 1. The van der Waals surface area contributed by atoms with Crippen LogP contribution in [0.1, 0.15) is 91.3 Å². The molecule has 260 valence electrons. The molecule has 1 unspecified atom stereocenters. The van der Waals surface area contributed by atoms with Crippen LogP contribution < -0.4 is 11.1 Å². The topological polar surface area (TPSA) is 148 Å². The molecule has 47 heavy (non-hydrogen) atoms. The minimum atomic E-state index is -0.784. The van der Waals surface area contributed by atoms with E-state index in [1.807, 2.05) is 25.1 Å². The Morgan fingerprint density at radius 1 is 1.00 bits per heavy atom. The van der Waals surface area contributed by atoms with E-state index in [0.29, 0.717) is 57.9 Å². The number of carbonyl (C=O) groups excluding carboxylic acids is 3. The number of rotatable bonds is 23. The molecule has 2 heterocycles. The minimum Gasteiger partial charge on any atom is -0.463 e. The number of nitrogens with zero attached hydrogens (tertiary/aromatic N) is 3. The maximum atomic E-state index is 13.0. The lowest BCUT2D eigenvalue weighted by atomic mass is 9.84. The van der Waals surface area contributed by atoms with Gasteiger partial charge in [0.15, 0.2) is 5.82 Å². The monoisotopic (exact) mass is 653 g/mol. The van der Waals surface area contributed by atoms with Gasteiger partial charge < -0.3 is 29.8 Å². The summed E-state index contributed by atoms with van der Waals surface area (Å²) in [5.41, 5.74) is 8.18. The molecule has 0 aliphatic heterocycles. The number of nitrogen functional groups attached to an aromatic ring is 1. The van der Waals surface area contributed by atoms with Crippen molar-refractivity contribution < 1.29 is 28.6 Å². The van der Waals surface area contributed by atoms with E-state index >= 15 is 0 Å². The van der Waals surface area contributed by atoms with Crippen molar-refractivity contribution in [1.82, 2.24) is 19.9 Å². The van der Waals surface area contributed by atoms with Crippen LogP contribution in [-0.2, 0) is 41.6 Å². The van der Waals surface area contributed by atoms with Gasteiger partial charge in [0.2, 0.25) is 5.91 Å². The number of aryl methyl sites for hydroxylation is 2. The molecule has 3 aromatic rings. The zero-order chi connectivity index (χ0) is 34.2. The molecule has 0 bridgehead atoms. The van der Waals surface area contributed by atoms with Crippen LogP contribution in [0, 0.1) is 11.3 Å². The van der Waals surface area contributed by atoms with Crippen LogP contribution in [0.3, 0.4) is 0 Å². The zero-order valence-corrected chi connectivity index (χ0v) is 29.1. The second-order valence-corrected chi connectivity index (χ2v) is 12.8. The molecule has 3 N–H and O–H groups in total. The number of ether oxygens (including phenoxy) is 3. The summed E-state index contributed by atoms with van der Waals surface area (Å²) in [7, 11) is 1.60. The van der Waals surface area contributed by atoms with Gasteiger partial charge in [0.05, 0.1) is 36.3 Å². The number of aromatic nitrogens is 3. The lowest BCUT2D eigenvalue weighted by Crippen LogP contribution is -2.30. The standard InChI is InChI=1S/C36H55N5O6/c1-6-8-15-30-40-32-33(27-13-9-10-14-28(27)39-34(32)37)41(30)21-12-11-20-38-31(43)17-16-26(7-2)29(42)18-19-36(3,4)35(44)47-25-24-46-23-22-45-5/h9-10,13-14,26H,6-8,11-12,15-25H2,1-5H3,(H2,37,39)(H,38,43). The molecule has 1 aromatic carbocycles. The summed E-state index contributed by atoms with van der Waals surface area (Å²) in [6.45, 7) is 10.5. The average Bonchev–Trinajstić information content (AvgIpc) is 3.43. The molecule has 0 saturated heterocycles. The Balaban J connectivity index is 1.42. The number of carbonyl (C=O) groups is 3. The highest BCUT2D eigenvalue weighted by Gasteiger charge is 2.31. The molecule has 0 fully saturated rings. The van der Waals surface area contributed by atoms with E-state index in [4.69, 9.17) is 24.9 Å². The number of ketones is 1. The molecule has 1 amide bonds. The minimum absolute atomic E-state index is 0.0468. The number of Topliss-reactive ketones (excluding diaryl/α,β-unsaturated/α-hetero) is 1. The van der Waals surface area contributed by atoms with E-state index < -0.39 is 5.41 Å². The Labute approximate surface area is 279 Å². The van der Waals surface area contributed by atoms with Gasteiger partial charge in [0.1, 0.15) is 23.7 Å². The third kappa shape index (κ3) is 11.3. The van der Waals surface area contributed by atoms with E-state index in [2.05, 4.69) is 27.9 Å². The van der Waals surface area contributed by atoms with Crippen molar-refractivity contribution >= 4 is 45.4 Å². The van der Waals surface area contributed by atoms with Crippen LogP contribution in [0.25, 0.3) is 21.9 Å². The summed E-state index contributed by atoms with van der Waals surface area (Å²) in [5.74, 6) is 0.951. The Morgan fingerprint density at radius 3 is 2.51 bits per heavy atom. The second-order valence-electron chi connectivity index (χ2n) is 12.8. The van der Waals surface area contributed by atoms with E-state index in [1.54, 1.807) is 21.0 Å². The maximum Gasteiger partial charge on any atom is 0.311 e. The number of hydrogen-bond acceptors (Lipinski definition) is 9. The molecule has 0 radical (unpaired) electrons. The molecular weight excluding hydrogens is 598 g/mol. The third-order valence-electron chi connectivity index (χ3n) is 8.68. The summed E-state index contributed by atoms with van der Waals surface area (Å²) in [6, 6.07) is 8.02. The number of para-hydroxylation sites is 1. The molecule has 0 aliphatic carbocycles. The SMILES string of the molecule is CCCCc1nc2c(N)nc3ccccc3c2n1CCCCNC(=O)CCC(CC)C(=O)CCC(C)(C)C(=O)OCCOCCOC. The van der Waals surface area contributed by atoms with Crippen LogP contribution in [0.5, 0.6) is 0 Å². The quantitative estimate of drug-likeness (QED) is 0.0958. The lowest BCUT2D eigenvalue weighted by Gasteiger charge is -2.23. The summed E-state index contributed by atoms with van der Waals surface area (Å²) < 4.78 is 17.9. The van der Waals surface area contributed by atoms with E-state index in [9.17, 15) is 14.4 Å². The Morgan fingerprint density at radius 2 is 1.77 bits per heavy atom. The summed E-state index contributed by atoms with van der Waals surface area (Å²) in [5, 5.41) is 4.07. The van der Waals surface area contributed by atoms with Crippen molar-refractivity contribution in [2.75, 3.05) is 45.8 Å². The van der Waals surface area contributed by atoms with Gasteiger partial charge in [-0.15, -0.1) is 0 Å². The number of anilines is 1. The first kappa shape index (κ1) is 37.9. The average molecular weight is 654 g/mol. The first-order chi connectivity index (χ1) is 22.6. The van der Waals surface area contributed by atoms with Crippen LogP contribution in [-0.4, -0.2) is 72.3 Å². The second kappa shape index (κ2) is 19.3. The summed E-state index contributed by atoms with van der Waals surface area (Å²) in [6.07, 6.45) is 6.79. The third-order valence-corrected chi connectivity index (χ3v) is 8.68. The highest BCUT2D eigenvalue weighted by molar-refractivity contribution is 6.06. The van der Waals surface area contributed by atoms with Crippen molar-refractivity contribution in [2.45, 2.75) is 98.4 Å². The molecule has 11 nitrogen and oxygen atoms in total. The fourth-order valence-corrected chi connectivity index (χ4v) is 5.66. The van der Waals surface area contributed by atoms with Gasteiger partial charge in [-0.1, -0.05) is 38.5 Å². The van der Waals surface area contributed by atoms with Crippen LogP contribution in [0.4, 0.5) is 5.82 Å². The Kier molecular flexibility index (Phi) is 15.6. The van der Waals surface area contributed by atoms with Gasteiger partial charge in [0, 0.05) is 50.8 Å². The molecule has 2 aromatic heterocycles. The van der Waals surface area contributed by atoms with Crippen LogP contribution >= 0.6 is 0 Å². The van der Waals surface area contributed by atoms with Gasteiger partial charge in [-0.05, 0) is 58.4 Å². The molecule has 11 heteroatoms. The molecule has 3 rings (SSSR count). The number of methoxy groups -OCH3 is 1. The highest BCUT2D eigenvalue weighted by atomic mass is 16.6. The van der Waals surface area contributed by atoms with Crippen molar-refractivity contribution in [3.8, 4) is 0 Å². The van der Waals surface area contributed by atoms with Crippen molar-refractivity contribution in [2.24, 2.45) is 11.3 Å². The maximum absolute atomic E-state index is 13.0. The number of nitrogens with two attached hydrogens (primary N) is 1. The summed E-state index contributed by atoms with van der Waals surface area (Å²) in [4.78, 5) is 47.6. The van der Waals surface area contributed by atoms with Crippen molar-refractivity contribution in [1.29, 1.82) is 0 Å². The highest BCUT2D eigenvalue weighted by Crippen LogP contribution is 2.30. The number of unbranched alkanes of at least 4 members (excludes halogenated alkanes) is 2. The fraction of sp³-hybridized carbons (Fsp3) is 0.639. The predicted molar refractivity (Wildman–Crippen MR) is 185 cm³/mol. The van der Waals surface area contributed by atoms with Crippen molar-refractivity contribution in [3.05, 3.63) is 30.1 Å².